The van der Waals surface area contributed by atoms with Crippen molar-refractivity contribution in [2.45, 2.75) is 13.5 Å². The van der Waals surface area contributed by atoms with Crippen LogP contribution in [0.4, 0.5) is 0 Å². The third-order valence-electron chi connectivity index (χ3n) is 1.73. The molecule has 0 saturated carbocycles. The Hall–Kier alpha value is -1.36. The van der Waals surface area contributed by atoms with Gasteiger partial charge in [0, 0.05) is 12.4 Å². The molecule has 0 unspecified atom stereocenters. The maximum absolute atomic E-state index is 5.49. The van der Waals surface area contributed by atoms with Crippen molar-refractivity contribution in [2.24, 2.45) is 7.05 Å². The van der Waals surface area contributed by atoms with Gasteiger partial charge in [-0.2, -0.15) is 5.10 Å². The first-order valence-corrected chi connectivity index (χ1v) is 5.14. The van der Waals surface area contributed by atoms with Crippen LogP contribution in [-0.2, 0) is 13.7 Å². The minimum absolute atomic E-state index is 0.510. The summed E-state index contributed by atoms with van der Waals surface area (Å²) < 4.78 is 7.20. The lowest BCUT2D eigenvalue weighted by molar-refractivity contribution is 0.301. The van der Waals surface area contributed by atoms with Gasteiger partial charge in [-0.15, -0.1) is 11.3 Å². The molecule has 5 heteroatoms. The number of nitrogens with zero attached hydrogens (tertiary/aromatic N) is 3. The molecule has 0 aromatic carbocycles. The molecule has 2 aromatic rings. The van der Waals surface area contributed by atoms with E-state index in [1.807, 2.05) is 25.5 Å². The molecule has 14 heavy (non-hydrogen) atoms. The molecule has 0 amide bonds. The minimum atomic E-state index is 0.510. The summed E-state index contributed by atoms with van der Waals surface area (Å²) in [5.41, 5.74) is 0.969. The lowest BCUT2D eigenvalue weighted by atomic mass is 10.5. The second-order valence-corrected chi connectivity index (χ2v) is 4.06. The van der Waals surface area contributed by atoms with Crippen molar-refractivity contribution >= 4 is 11.3 Å². The highest BCUT2D eigenvalue weighted by Crippen LogP contribution is 2.12. The molecule has 74 valence electrons. The second kappa shape index (κ2) is 3.79. The fraction of sp³-hybridized carbons (Fsp3) is 0.333. The second-order valence-electron chi connectivity index (χ2n) is 3.00. The molecule has 0 N–H and O–H groups in total. The molecule has 0 aliphatic carbocycles. The summed E-state index contributed by atoms with van der Waals surface area (Å²) in [6, 6.07) is 0. The van der Waals surface area contributed by atoms with E-state index in [1.54, 1.807) is 22.2 Å². The van der Waals surface area contributed by atoms with E-state index in [9.17, 15) is 0 Å². The lowest BCUT2D eigenvalue weighted by Crippen LogP contribution is -1.94. The fourth-order valence-electron chi connectivity index (χ4n) is 1.11. The van der Waals surface area contributed by atoms with E-state index in [-0.39, 0.29) is 0 Å². The number of hydrogen-bond acceptors (Lipinski definition) is 4. The molecule has 0 fully saturated rings. The standard InChI is InChI=1S/C9H11N3OS/c1-7-11-8(6-14-7)5-13-9-3-10-12(2)4-9/h3-4,6H,5H2,1-2H3. The smallest absolute Gasteiger partial charge is 0.157 e. The third-order valence-corrected chi connectivity index (χ3v) is 2.56. The summed E-state index contributed by atoms with van der Waals surface area (Å²) in [6.45, 7) is 2.49. The lowest BCUT2D eigenvalue weighted by Gasteiger charge is -1.98. The van der Waals surface area contributed by atoms with Gasteiger partial charge in [-0.1, -0.05) is 0 Å². The van der Waals surface area contributed by atoms with E-state index < -0.39 is 0 Å². The summed E-state index contributed by atoms with van der Waals surface area (Å²) >= 11 is 1.63. The molecule has 0 bridgehead atoms. The van der Waals surface area contributed by atoms with Crippen LogP contribution >= 0.6 is 11.3 Å². The zero-order chi connectivity index (χ0) is 9.97. The highest BCUT2D eigenvalue weighted by molar-refractivity contribution is 7.09. The zero-order valence-corrected chi connectivity index (χ0v) is 8.91. The predicted octanol–water partition coefficient (Wildman–Crippen LogP) is 1.76. The number of rotatable bonds is 3. The van der Waals surface area contributed by atoms with Crippen molar-refractivity contribution in [2.75, 3.05) is 0 Å². The van der Waals surface area contributed by atoms with Gasteiger partial charge in [0.2, 0.25) is 0 Å². The monoisotopic (exact) mass is 209 g/mol. The summed E-state index contributed by atoms with van der Waals surface area (Å²) in [5, 5.41) is 7.08. The Morgan fingerprint density at radius 1 is 1.57 bits per heavy atom. The third kappa shape index (κ3) is 2.11. The quantitative estimate of drug-likeness (QED) is 0.773. The first kappa shape index (κ1) is 9.21. The number of aromatic nitrogens is 3. The number of hydrogen-bond donors (Lipinski definition) is 0. The van der Waals surface area contributed by atoms with Gasteiger partial charge in [-0.3, -0.25) is 4.68 Å². The van der Waals surface area contributed by atoms with Crippen LogP contribution in [0.2, 0.25) is 0 Å². The van der Waals surface area contributed by atoms with Gasteiger partial charge in [0.15, 0.2) is 5.75 Å². The Balaban J connectivity index is 1.94. The predicted molar refractivity (Wildman–Crippen MR) is 54.4 cm³/mol. The van der Waals surface area contributed by atoms with Crippen LogP contribution < -0.4 is 4.74 Å². The Morgan fingerprint density at radius 3 is 3.00 bits per heavy atom. The highest BCUT2D eigenvalue weighted by Gasteiger charge is 2.00. The average molecular weight is 209 g/mol. The maximum atomic E-state index is 5.49. The van der Waals surface area contributed by atoms with Crippen LogP contribution in [0.3, 0.4) is 0 Å². The molecular formula is C9H11N3OS. The zero-order valence-electron chi connectivity index (χ0n) is 8.10. The van der Waals surface area contributed by atoms with E-state index in [0.29, 0.717) is 6.61 Å². The van der Waals surface area contributed by atoms with Gasteiger partial charge in [-0.25, -0.2) is 4.98 Å². The largest absolute Gasteiger partial charge is 0.484 e. The van der Waals surface area contributed by atoms with E-state index in [1.165, 1.54) is 0 Å². The van der Waals surface area contributed by atoms with Crippen LogP contribution in [-0.4, -0.2) is 14.8 Å². The Bertz CT molecular complexity index is 381. The van der Waals surface area contributed by atoms with E-state index >= 15 is 0 Å². The summed E-state index contributed by atoms with van der Waals surface area (Å²) in [5.74, 6) is 0.776. The molecule has 0 saturated heterocycles. The van der Waals surface area contributed by atoms with Gasteiger partial charge in [0.05, 0.1) is 23.1 Å². The molecule has 0 atom stereocenters. The summed E-state index contributed by atoms with van der Waals surface area (Å²) in [7, 11) is 1.86. The molecule has 0 aliphatic rings. The van der Waals surface area contributed by atoms with Crippen molar-refractivity contribution in [3.8, 4) is 5.75 Å². The molecule has 2 rings (SSSR count). The van der Waals surface area contributed by atoms with E-state index in [2.05, 4.69) is 10.1 Å². The Labute approximate surface area is 86.2 Å². The number of ether oxygens (including phenoxy) is 1. The topological polar surface area (TPSA) is 39.9 Å². The van der Waals surface area contributed by atoms with Crippen LogP contribution in [0, 0.1) is 6.92 Å². The van der Waals surface area contributed by atoms with Gasteiger partial charge < -0.3 is 4.74 Å². The van der Waals surface area contributed by atoms with Gasteiger partial charge in [0.1, 0.15) is 6.61 Å². The first-order chi connectivity index (χ1) is 6.74. The Kier molecular flexibility index (Phi) is 2.49. The Morgan fingerprint density at radius 2 is 2.43 bits per heavy atom. The van der Waals surface area contributed by atoms with Crippen LogP contribution in [0.25, 0.3) is 0 Å². The highest BCUT2D eigenvalue weighted by atomic mass is 32.1. The van der Waals surface area contributed by atoms with Crippen molar-refractivity contribution < 1.29 is 4.74 Å². The fourth-order valence-corrected chi connectivity index (χ4v) is 1.70. The number of thiazole rings is 1. The molecule has 0 spiro atoms. The molecule has 2 heterocycles. The molecule has 2 aromatic heterocycles. The summed E-state index contributed by atoms with van der Waals surface area (Å²) in [6.07, 6.45) is 3.53. The first-order valence-electron chi connectivity index (χ1n) is 4.26. The normalized spacial score (nSPS) is 10.4. The van der Waals surface area contributed by atoms with Gasteiger partial charge in [-0.05, 0) is 6.92 Å². The van der Waals surface area contributed by atoms with E-state index in [4.69, 9.17) is 4.74 Å². The summed E-state index contributed by atoms with van der Waals surface area (Å²) in [4.78, 5) is 4.30. The van der Waals surface area contributed by atoms with Crippen molar-refractivity contribution in [3.05, 3.63) is 28.5 Å². The average Bonchev–Trinajstić information content (AvgIpc) is 2.72. The van der Waals surface area contributed by atoms with Gasteiger partial charge in [0.25, 0.3) is 0 Å². The van der Waals surface area contributed by atoms with Crippen molar-refractivity contribution in [3.63, 3.8) is 0 Å². The number of aryl methyl sites for hydroxylation is 2. The SMILES string of the molecule is Cc1nc(COc2cnn(C)c2)cs1. The van der Waals surface area contributed by atoms with Crippen LogP contribution in [0.1, 0.15) is 10.7 Å². The van der Waals surface area contributed by atoms with Crippen molar-refractivity contribution in [1.29, 1.82) is 0 Å². The van der Waals surface area contributed by atoms with E-state index in [0.717, 1.165) is 16.5 Å². The molecule has 0 radical (unpaired) electrons. The maximum Gasteiger partial charge on any atom is 0.157 e. The van der Waals surface area contributed by atoms with Gasteiger partial charge >= 0.3 is 0 Å². The molecule has 0 aliphatic heterocycles. The van der Waals surface area contributed by atoms with Crippen LogP contribution in [0.5, 0.6) is 5.75 Å². The van der Waals surface area contributed by atoms with Crippen LogP contribution in [0.15, 0.2) is 17.8 Å². The molecule has 4 nitrogen and oxygen atoms in total. The molecular weight excluding hydrogens is 198 g/mol. The van der Waals surface area contributed by atoms with Crippen molar-refractivity contribution in [1.82, 2.24) is 14.8 Å². The minimum Gasteiger partial charge on any atom is -0.484 e.